The molecular formula is C13H12N2O2S2. The highest BCUT2D eigenvalue weighted by Crippen LogP contribution is 2.41. The van der Waals surface area contributed by atoms with E-state index in [2.05, 4.69) is 23.7 Å². The largest absolute Gasteiger partial charge is 0.468 e. The van der Waals surface area contributed by atoms with E-state index in [0.29, 0.717) is 16.3 Å². The molecule has 0 radical (unpaired) electrons. The van der Waals surface area contributed by atoms with E-state index < -0.39 is 5.92 Å². The van der Waals surface area contributed by atoms with Crippen molar-refractivity contribution in [3.63, 3.8) is 0 Å². The molecule has 0 fully saturated rings. The Morgan fingerprint density at radius 3 is 2.89 bits per heavy atom. The predicted octanol–water partition coefficient (Wildman–Crippen LogP) is 2.76. The Bertz CT molecular complexity index is 597. The normalized spacial score (nSPS) is 22.7. The van der Waals surface area contributed by atoms with Crippen LogP contribution >= 0.6 is 24.0 Å². The number of nitriles is 1. The molecule has 1 aromatic rings. The predicted molar refractivity (Wildman–Crippen MR) is 77.3 cm³/mol. The number of aliphatic imine (C=N–C) groups is 1. The zero-order valence-corrected chi connectivity index (χ0v) is 12.2. The van der Waals surface area contributed by atoms with Gasteiger partial charge in [-0.2, -0.15) is 5.26 Å². The molecule has 2 rings (SSSR count). The number of ether oxygens (including phenoxy) is 1. The van der Waals surface area contributed by atoms with Gasteiger partial charge in [0.2, 0.25) is 0 Å². The number of carbonyl (C=O) groups excluding carboxylic acids is 1. The number of methoxy groups -OCH3 is 1. The zero-order valence-electron chi connectivity index (χ0n) is 10.5. The summed E-state index contributed by atoms with van der Waals surface area (Å²) in [5, 5.41) is 11.6. The minimum atomic E-state index is -0.561. The molecule has 4 nitrogen and oxygen atoms in total. The van der Waals surface area contributed by atoms with E-state index in [1.165, 1.54) is 18.4 Å². The van der Waals surface area contributed by atoms with E-state index in [1.807, 2.05) is 17.5 Å². The Labute approximate surface area is 120 Å². The molecule has 0 N–H and O–H groups in total. The van der Waals surface area contributed by atoms with Crippen molar-refractivity contribution < 1.29 is 9.53 Å². The van der Waals surface area contributed by atoms with Crippen molar-refractivity contribution in [2.45, 2.75) is 12.8 Å². The summed E-state index contributed by atoms with van der Waals surface area (Å²) in [5.74, 6) is -1.30. The zero-order chi connectivity index (χ0) is 14.0. The van der Waals surface area contributed by atoms with Gasteiger partial charge in [-0.3, -0.25) is 4.79 Å². The molecule has 0 aliphatic carbocycles. The summed E-state index contributed by atoms with van der Waals surface area (Å²) in [6.45, 7) is 1.76. The second kappa shape index (κ2) is 5.59. The third-order valence-corrected chi connectivity index (χ3v) is 4.34. The van der Waals surface area contributed by atoms with E-state index in [0.717, 1.165) is 4.88 Å². The average molecular weight is 292 g/mol. The Hall–Kier alpha value is -1.58. The van der Waals surface area contributed by atoms with Gasteiger partial charge < -0.3 is 4.74 Å². The molecule has 1 aromatic heterocycles. The Morgan fingerprint density at radius 1 is 1.63 bits per heavy atom. The Kier molecular flexibility index (Phi) is 4.08. The minimum Gasteiger partial charge on any atom is -0.468 e. The van der Waals surface area contributed by atoms with Gasteiger partial charge in [-0.1, -0.05) is 6.07 Å². The molecule has 2 atom stereocenters. The first-order valence-corrected chi connectivity index (χ1v) is 6.92. The van der Waals surface area contributed by atoms with Crippen LogP contribution in [-0.2, 0) is 9.53 Å². The van der Waals surface area contributed by atoms with Crippen molar-refractivity contribution in [2.24, 2.45) is 10.9 Å². The number of nitrogens with zero attached hydrogens (tertiary/aromatic N) is 2. The van der Waals surface area contributed by atoms with Crippen LogP contribution in [0.5, 0.6) is 0 Å². The lowest BCUT2D eigenvalue weighted by Gasteiger charge is -2.27. The number of thiol groups is 1. The van der Waals surface area contributed by atoms with Crippen molar-refractivity contribution in [1.82, 2.24) is 0 Å². The maximum Gasteiger partial charge on any atom is 0.315 e. The summed E-state index contributed by atoms with van der Waals surface area (Å²) in [5.41, 5.74) is 1.03. The molecule has 0 saturated heterocycles. The first kappa shape index (κ1) is 13.8. The molecule has 19 heavy (non-hydrogen) atoms. The second-order valence-corrected chi connectivity index (χ2v) is 5.50. The summed E-state index contributed by atoms with van der Waals surface area (Å²) in [7, 11) is 1.34. The van der Waals surface area contributed by atoms with E-state index in [-0.39, 0.29) is 11.9 Å². The lowest BCUT2D eigenvalue weighted by atomic mass is 9.81. The standard InChI is InChI=1S/C13H12N2O2S2/c1-7-10(13(16)17-2)11(9-4-3-5-19-9)8(6-14)12(18)15-7/h3-5,10-11,18H,1-2H3/t10?,11-/m0/s1. The van der Waals surface area contributed by atoms with Crippen LogP contribution < -0.4 is 0 Å². The lowest BCUT2D eigenvalue weighted by molar-refractivity contribution is -0.143. The smallest absolute Gasteiger partial charge is 0.315 e. The summed E-state index contributed by atoms with van der Waals surface area (Å²) < 4.78 is 4.84. The number of allylic oxidation sites excluding steroid dienone is 1. The van der Waals surface area contributed by atoms with E-state index in [1.54, 1.807) is 6.92 Å². The third kappa shape index (κ3) is 2.44. The second-order valence-electron chi connectivity index (χ2n) is 4.10. The van der Waals surface area contributed by atoms with Gasteiger partial charge in [0.05, 0.1) is 18.8 Å². The Balaban J connectivity index is 2.58. The van der Waals surface area contributed by atoms with Crippen LogP contribution in [0.4, 0.5) is 0 Å². The van der Waals surface area contributed by atoms with Crippen LogP contribution in [0.1, 0.15) is 17.7 Å². The molecule has 2 heterocycles. The van der Waals surface area contributed by atoms with Gasteiger partial charge in [0.25, 0.3) is 0 Å². The minimum absolute atomic E-state index is 0.359. The summed E-state index contributed by atoms with van der Waals surface area (Å²) in [6.07, 6.45) is 0. The topological polar surface area (TPSA) is 62.4 Å². The van der Waals surface area contributed by atoms with Gasteiger partial charge in [0.1, 0.15) is 10.9 Å². The molecule has 6 heteroatoms. The fraction of sp³-hybridized carbons (Fsp3) is 0.308. The fourth-order valence-electron chi connectivity index (χ4n) is 2.17. The molecule has 0 spiro atoms. The van der Waals surface area contributed by atoms with Crippen LogP contribution in [0, 0.1) is 17.2 Å². The maximum absolute atomic E-state index is 12.0. The quantitative estimate of drug-likeness (QED) is 0.673. The van der Waals surface area contributed by atoms with Crippen molar-refractivity contribution in [1.29, 1.82) is 5.26 Å². The highest BCUT2D eigenvalue weighted by Gasteiger charge is 2.40. The monoisotopic (exact) mass is 292 g/mol. The van der Waals surface area contributed by atoms with Crippen molar-refractivity contribution in [3.8, 4) is 6.07 Å². The molecule has 0 saturated carbocycles. The highest BCUT2D eigenvalue weighted by molar-refractivity contribution is 7.84. The van der Waals surface area contributed by atoms with Crippen molar-refractivity contribution >= 4 is 35.6 Å². The number of thiophene rings is 1. The number of esters is 1. The first-order chi connectivity index (χ1) is 9.10. The summed E-state index contributed by atoms with van der Waals surface area (Å²) >= 11 is 5.75. The molecule has 98 valence electrons. The molecule has 0 aromatic carbocycles. The molecule has 0 bridgehead atoms. The summed E-state index contributed by atoms with van der Waals surface area (Å²) in [6, 6.07) is 5.91. The number of hydrogen-bond acceptors (Lipinski definition) is 6. The van der Waals surface area contributed by atoms with Crippen LogP contribution in [0.3, 0.4) is 0 Å². The number of carbonyl (C=O) groups is 1. The van der Waals surface area contributed by atoms with Crippen LogP contribution in [0.15, 0.2) is 33.1 Å². The van der Waals surface area contributed by atoms with Gasteiger partial charge in [-0.05, 0) is 18.4 Å². The van der Waals surface area contributed by atoms with Crippen LogP contribution in [-0.4, -0.2) is 18.8 Å². The van der Waals surface area contributed by atoms with Gasteiger partial charge >= 0.3 is 5.97 Å². The third-order valence-electron chi connectivity index (χ3n) is 3.04. The van der Waals surface area contributed by atoms with Gasteiger partial charge in [-0.15, -0.1) is 24.0 Å². The van der Waals surface area contributed by atoms with E-state index in [9.17, 15) is 10.1 Å². The van der Waals surface area contributed by atoms with Crippen LogP contribution in [0.25, 0.3) is 0 Å². The van der Waals surface area contributed by atoms with Gasteiger partial charge in [0, 0.05) is 16.5 Å². The van der Waals surface area contributed by atoms with E-state index >= 15 is 0 Å². The fourth-order valence-corrected chi connectivity index (χ4v) is 3.39. The molecule has 1 aliphatic rings. The van der Waals surface area contributed by atoms with Gasteiger partial charge in [-0.25, -0.2) is 4.99 Å². The highest BCUT2D eigenvalue weighted by atomic mass is 32.1. The van der Waals surface area contributed by atoms with Crippen molar-refractivity contribution in [3.05, 3.63) is 33.0 Å². The summed E-state index contributed by atoms with van der Waals surface area (Å²) in [4.78, 5) is 17.1. The Morgan fingerprint density at radius 2 is 2.37 bits per heavy atom. The number of rotatable bonds is 2. The van der Waals surface area contributed by atoms with Crippen molar-refractivity contribution in [2.75, 3.05) is 7.11 Å². The number of hydrogen-bond donors (Lipinski definition) is 1. The molecule has 0 amide bonds. The maximum atomic E-state index is 12.0. The van der Waals surface area contributed by atoms with Crippen LogP contribution in [0.2, 0.25) is 0 Å². The van der Waals surface area contributed by atoms with E-state index in [4.69, 9.17) is 4.74 Å². The lowest BCUT2D eigenvalue weighted by Crippen LogP contribution is -2.33. The average Bonchev–Trinajstić information content (AvgIpc) is 2.90. The van der Waals surface area contributed by atoms with Gasteiger partial charge in [0.15, 0.2) is 0 Å². The molecule has 1 aliphatic heterocycles. The first-order valence-electron chi connectivity index (χ1n) is 5.59. The molecule has 1 unspecified atom stereocenters. The SMILES string of the molecule is COC(=O)C1C(C)=NC(S)=C(C#N)[C@H]1c1cccs1. The molecular weight excluding hydrogens is 280 g/mol.